The average Bonchev–Trinajstić information content (AvgIpc) is 2.46. The molecule has 2 aliphatic rings. The number of amides is 2. The molecule has 2 amide bonds. The predicted octanol–water partition coefficient (Wildman–Crippen LogP) is 2.07. The maximum Gasteiger partial charge on any atom is 0.315 e. The molecule has 0 spiro atoms. The van der Waals surface area contributed by atoms with Gasteiger partial charge in [0, 0.05) is 12.6 Å². The van der Waals surface area contributed by atoms with Gasteiger partial charge in [-0.2, -0.15) is 11.8 Å². The molecule has 0 radical (unpaired) electrons. The zero-order chi connectivity index (χ0) is 14.4. The molecule has 2 rings (SSSR count). The Morgan fingerprint density at radius 3 is 2.30 bits per heavy atom. The Bertz CT molecular complexity index is 337. The van der Waals surface area contributed by atoms with E-state index in [4.69, 9.17) is 5.11 Å². The molecule has 1 saturated carbocycles. The summed E-state index contributed by atoms with van der Waals surface area (Å²) in [4.78, 5) is 22.7. The van der Waals surface area contributed by atoms with E-state index < -0.39 is 5.97 Å². The molecule has 1 aliphatic heterocycles. The minimum absolute atomic E-state index is 0.0674. The van der Waals surface area contributed by atoms with E-state index >= 15 is 0 Å². The maximum atomic E-state index is 11.8. The first kappa shape index (κ1) is 15.5. The fourth-order valence-corrected chi connectivity index (χ4v) is 4.04. The van der Waals surface area contributed by atoms with Crippen LogP contribution in [0.25, 0.3) is 0 Å². The minimum Gasteiger partial charge on any atom is -0.481 e. The van der Waals surface area contributed by atoms with E-state index in [0.29, 0.717) is 18.5 Å². The summed E-state index contributed by atoms with van der Waals surface area (Å²) < 4.78 is 0. The Kier molecular flexibility index (Phi) is 6.01. The summed E-state index contributed by atoms with van der Waals surface area (Å²) in [5.74, 6) is 1.83. The van der Waals surface area contributed by atoms with Crippen LogP contribution in [0, 0.1) is 11.8 Å². The van der Waals surface area contributed by atoms with E-state index in [1.165, 1.54) is 0 Å². The second-order valence-electron chi connectivity index (χ2n) is 5.80. The van der Waals surface area contributed by atoms with Crippen LogP contribution in [0.5, 0.6) is 0 Å². The number of aliphatic carboxylic acids is 1. The number of carbonyl (C=O) groups excluding carboxylic acids is 1. The SMILES string of the molecule is O=C(NCC1CCC(C(=O)O)CC1)NC1CCSCC1. The van der Waals surface area contributed by atoms with Crippen LogP contribution in [-0.2, 0) is 4.79 Å². The monoisotopic (exact) mass is 300 g/mol. The van der Waals surface area contributed by atoms with Crippen molar-refractivity contribution in [2.24, 2.45) is 11.8 Å². The summed E-state index contributed by atoms with van der Waals surface area (Å²) in [7, 11) is 0. The van der Waals surface area contributed by atoms with Gasteiger partial charge in [-0.15, -0.1) is 0 Å². The zero-order valence-corrected chi connectivity index (χ0v) is 12.6. The highest BCUT2D eigenvalue weighted by Gasteiger charge is 2.26. The molecule has 3 N–H and O–H groups in total. The molecule has 0 aromatic rings. The molecule has 0 aromatic heterocycles. The van der Waals surface area contributed by atoms with Gasteiger partial charge < -0.3 is 15.7 Å². The van der Waals surface area contributed by atoms with Crippen molar-refractivity contribution in [2.75, 3.05) is 18.1 Å². The van der Waals surface area contributed by atoms with Crippen LogP contribution in [0.1, 0.15) is 38.5 Å². The van der Waals surface area contributed by atoms with Gasteiger partial charge in [-0.1, -0.05) is 0 Å². The molecular weight excluding hydrogens is 276 g/mol. The fourth-order valence-electron chi connectivity index (χ4n) is 2.93. The number of nitrogens with one attached hydrogen (secondary N) is 2. The average molecular weight is 300 g/mol. The molecule has 0 atom stereocenters. The van der Waals surface area contributed by atoms with Crippen molar-refractivity contribution >= 4 is 23.8 Å². The summed E-state index contributed by atoms with van der Waals surface area (Å²) in [6, 6.07) is 0.251. The van der Waals surface area contributed by atoms with Gasteiger partial charge in [-0.05, 0) is 55.9 Å². The lowest BCUT2D eigenvalue weighted by atomic mass is 9.82. The molecule has 1 saturated heterocycles. The van der Waals surface area contributed by atoms with Crippen molar-refractivity contribution < 1.29 is 14.7 Å². The van der Waals surface area contributed by atoms with E-state index in [2.05, 4.69) is 10.6 Å². The Morgan fingerprint density at radius 1 is 1.05 bits per heavy atom. The van der Waals surface area contributed by atoms with Gasteiger partial charge >= 0.3 is 12.0 Å². The second-order valence-corrected chi connectivity index (χ2v) is 7.02. The van der Waals surface area contributed by atoms with Gasteiger partial charge in [0.25, 0.3) is 0 Å². The van der Waals surface area contributed by atoms with Gasteiger partial charge in [0.05, 0.1) is 5.92 Å². The van der Waals surface area contributed by atoms with Gasteiger partial charge in [0.2, 0.25) is 0 Å². The van der Waals surface area contributed by atoms with Crippen molar-refractivity contribution in [3.05, 3.63) is 0 Å². The van der Waals surface area contributed by atoms with E-state index in [-0.39, 0.29) is 11.9 Å². The second kappa shape index (κ2) is 7.76. The summed E-state index contributed by atoms with van der Waals surface area (Å²) >= 11 is 1.94. The van der Waals surface area contributed by atoms with Gasteiger partial charge in [-0.3, -0.25) is 4.79 Å². The number of hydrogen-bond acceptors (Lipinski definition) is 3. The number of carboxylic acids is 1. The molecule has 0 unspecified atom stereocenters. The number of urea groups is 1. The van der Waals surface area contributed by atoms with Crippen molar-refractivity contribution in [3.8, 4) is 0 Å². The molecule has 2 fully saturated rings. The van der Waals surface area contributed by atoms with Gasteiger partial charge in [0.1, 0.15) is 0 Å². The van der Waals surface area contributed by atoms with Crippen molar-refractivity contribution in [1.29, 1.82) is 0 Å². The number of hydrogen-bond donors (Lipinski definition) is 3. The van der Waals surface area contributed by atoms with Crippen LogP contribution in [-0.4, -0.2) is 41.2 Å². The van der Waals surface area contributed by atoms with Crippen molar-refractivity contribution in [2.45, 2.75) is 44.6 Å². The number of thioether (sulfide) groups is 1. The molecular formula is C14H24N2O3S. The summed E-state index contributed by atoms with van der Waals surface area (Å²) in [5, 5.41) is 14.9. The molecule has 1 heterocycles. The molecule has 20 heavy (non-hydrogen) atoms. The first-order valence-corrected chi connectivity index (χ1v) is 8.65. The highest BCUT2D eigenvalue weighted by molar-refractivity contribution is 7.99. The number of carboxylic acid groups (broad SMARTS) is 1. The molecule has 6 heteroatoms. The van der Waals surface area contributed by atoms with E-state index in [1.54, 1.807) is 0 Å². The third-order valence-electron chi connectivity index (χ3n) is 4.30. The van der Waals surface area contributed by atoms with Crippen LogP contribution >= 0.6 is 11.8 Å². The van der Waals surface area contributed by atoms with E-state index in [1.807, 2.05) is 11.8 Å². The van der Waals surface area contributed by atoms with Gasteiger partial charge in [0.15, 0.2) is 0 Å². The number of rotatable bonds is 4. The quantitative estimate of drug-likeness (QED) is 0.742. The van der Waals surface area contributed by atoms with E-state index in [9.17, 15) is 9.59 Å². The third kappa shape index (κ3) is 4.89. The molecule has 5 nitrogen and oxygen atoms in total. The fraction of sp³-hybridized carbons (Fsp3) is 0.857. The Balaban J connectivity index is 1.60. The topological polar surface area (TPSA) is 78.4 Å². The summed E-state index contributed by atoms with van der Waals surface area (Å²) in [6.45, 7) is 0.666. The van der Waals surface area contributed by atoms with Crippen LogP contribution in [0.15, 0.2) is 0 Å². The number of carbonyl (C=O) groups is 2. The molecule has 0 bridgehead atoms. The largest absolute Gasteiger partial charge is 0.481 e. The Labute approximate surface area is 124 Å². The Morgan fingerprint density at radius 2 is 1.70 bits per heavy atom. The van der Waals surface area contributed by atoms with Crippen LogP contribution in [0.4, 0.5) is 4.79 Å². The van der Waals surface area contributed by atoms with Crippen LogP contribution in [0.2, 0.25) is 0 Å². The highest BCUT2D eigenvalue weighted by atomic mass is 32.2. The van der Waals surface area contributed by atoms with E-state index in [0.717, 1.165) is 50.0 Å². The lowest BCUT2D eigenvalue weighted by molar-refractivity contribution is -0.143. The molecule has 1 aliphatic carbocycles. The molecule has 114 valence electrons. The lowest BCUT2D eigenvalue weighted by Crippen LogP contribution is -2.45. The first-order chi connectivity index (χ1) is 9.65. The normalized spacial score (nSPS) is 27.8. The van der Waals surface area contributed by atoms with Gasteiger partial charge in [-0.25, -0.2) is 4.79 Å². The molecule has 0 aromatic carbocycles. The standard InChI is InChI=1S/C14H24N2O3S/c17-13(18)11-3-1-10(2-4-11)9-15-14(19)16-12-5-7-20-8-6-12/h10-12H,1-9H2,(H,17,18)(H2,15,16,19). The summed E-state index contributed by atoms with van der Waals surface area (Å²) in [6.07, 6.45) is 5.39. The van der Waals surface area contributed by atoms with Crippen LogP contribution < -0.4 is 10.6 Å². The first-order valence-electron chi connectivity index (χ1n) is 7.50. The lowest BCUT2D eigenvalue weighted by Gasteiger charge is -2.27. The zero-order valence-electron chi connectivity index (χ0n) is 11.8. The minimum atomic E-state index is -0.677. The maximum absolute atomic E-state index is 11.8. The smallest absolute Gasteiger partial charge is 0.315 e. The highest BCUT2D eigenvalue weighted by Crippen LogP contribution is 2.28. The summed E-state index contributed by atoms with van der Waals surface area (Å²) in [5.41, 5.74) is 0. The third-order valence-corrected chi connectivity index (χ3v) is 5.35. The Hall–Kier alpha value is -0.910. The van der Waals surface area contributed by atoms with Crippen LogP contribution in [0.3, 0.4) is 0 Å². The van der Waals surface area contributed by atoms with Crippen molar-refractivity contribution in [3.63, 3.8) is 0 Å². The predicted molar refractivity (Wildman–Crippen MR) is 80.0 cm³/mol. The van der Waals surface area contributed by atoms with Crippen molar-refractivity contribution in [1.82, 2.24) is 10.6 Å².